The van der Waals surface area contributed by atoms with Gasteiger partial charge in [0.15, 0.2) is 0 Å². The Hall–Kier alpha value is -1.57. The molecule has 0 aliphatic rings. The van der Waals surface area contributed by atoms with Crippen LogP contribution >= 0.6 is 0 Å². The van der Waals surface area contributed by atoms with Gasteiger partial charge in [-0.25, -0.2) is 0 Å². The van der Waals surface area contributed by atoms with Crippen molar-refractivity contribution in [3.63, 3.8) is 0 Å². The Morgan fingerprint density at radius 3 is 2.62 bits per heavy atom. The summed E-state index contributed by atoms with van der Waals surface area (Å²) in [5.41, 5.74) is 9.77. The predicted molar refractivity (Wildman–Crippen MR) is 58.2 cm³/mol. The molecule has 0 heterocycles. The van der Waals surface area contributed by atoms with E-state index in [1.807, 2.05) is 19.1 Å². The lowest BCUT2D eigenvalue weighted by Gasteiger charge is -2.09. The van der Waals surface area contributed by atoms with Crippen LogP contribution in [0.5, 0.6) is 0 Å². The lowest BCUT2D eigenvalue weighted by molar-refractivity contribution is 1.40. The van der Waals surface area contributed by atoms with E-state index in [0.717, 1.165) is 16.7 Å². The van der Waals surface area contributed by atoms with Gasteiger partial charge in [-0.05, 0) is 31.0 Å². The topological polar surface area (TPSA) is 49.9 Å². The molecule has 1 aromatic carbocycles. The van der Waals surface area contributed by atoms with E-state index < -0.39 is 0 Å². The highest BCUT2D eigenvalue weighted by molar-refractivity contribution is 6.04. The van der Waals surface area contributed by atoms with E-state index in [4.69, 9.17) is 11.1 Å². The fourth-order valence-corrected chi connectivity index (χ4v) is 1.44. The first-order chi connectivity index (χ1) is 6.06. The van der Waals surface area contributed by atoms with Gasteiger partial charge in [-0.1, -0.05) is 18.7 Å². The molecule has 0 saturated carbocycles. The lowest BCUT2D eigenvalue weighted by atomic mass is 9.99. The van der Waals surface area contributed by atoms with Crippen LogP contribution in [-0.4, -0.2) is 5.71 Å². The number of hydrogen-bond donors (Lipinski definition) is 2. The van der Waals surface area contributed by atoms with Crippen LogP contribution in [0.2, 0.25) is 0 Å². The summed E-state index contributed by atoms with van der Waals surface area (Å²) in [4.78, 5) is 0. The normalized spacial score (nSPS) is 9.69. The molecule has 13 heavy (non-hydrogen) atoms. The van der Waals surface area contributed by atoms with Crippen molar-refractivity contribution in [1.82, 2.24) is 0 Å². The van der Waals surface area contributed by atoms with Crippen molar-refractivity contribution in [2.75, 3.05) is 5.73 Å². The standard InChI is InChI=1S/C11H14N2/c1-4-9-5-7(2)6-10(13)11(9)8(3)12/h4-6,12H,1,13H2,2-3H3. The molecule has 0 amide bonds. The predicted octanol–water partition coefficient (Wildman–Crippen LogP) is 2.61. The highest BCUT2D eigenvalue weighted by Gasteiger charge is 2.06. The van der Waals surface area contributed by atoms with Gasteiger partial charge in [0, 0.05) is 17.0 Å². The zero-order chi connectivity index (χ0) is 10.0. The van der Waals surface area contributed by atoms with Crippen LogP contribution in [0.1, 0.15) is 23.6 Å². The maximum absolute atomic E-state index is 7.56. The van der Waals surface area contributed by atoms with Crippen LogP contribution in [0.3, 0.4) is 0 Å². The maximum atomic E-state index is 7.56. The maximum Gasteiger partial charge on any atom is 0.0414 e. The minimum atomic E-state index is 0.479. The molecule has 0 spiro atoms. The summed E-state index contributed by atoms with van der Waals surface area (Å²) in [6.07, 6.45) is 1.73. The van der Waals surface area contributed by atoms with Gasteiger partial charge >= 0.3 is 0 Å². The zero-order valence-electron chi connectivity index (χ0n) is 8.02. The minimum Gasteiger partial charge on any atom is -0.398 e. The fourth-order valence-electron chi connectivity index (χ4n) is 1.44. The minimum absolute atomic E-state index is 0.479. The summed E-state index contributed by atoms with van der Waals surface area (Å²) < 4.78 is 0. The van der Waals surface area contributed by atoms with Crippen molar-refractivity contribution in [1.29, 1.82) is 5.41 Å². The van der Waals surface area contributed by atoms with E-state index in [2.05, 4.69) is 6.58 Å². The van der Waals surface area contributed by atoms with Crippen molar-refractivity contribution in [2.45, 2.75) is 13.8 Å². The molecule has 2 nitrogen and oxygen atoms in total. The van der Waals surface area contributed by atoms with E-state index in [9.17, 15) is 0 Å². The van der Waals surface area contributed by atoms with E-state index in [1.54, 1.807) is 13.0 Å². The average molecular weight is 174 g/mol. The second-order valence-electron chi connectivity index (χ2n) is 3.15. The molecular formula is C11H14N2. The second-order valence-corrected chi connectivity index (χ2v) is 3.15. The molecular weight excluding hydrogens is 160 g/mol. The van der Waals surface area contributed by atoms with Gasteiger partial charge < -0.3 is 11.1 Å². The molecule has 0 aliphatic carbocycles. The van der Waals surface area contributed by atoms with Crippen molar-refractivity contribution in [3.05, 3.63) is 35.4 Å². The number of anilines is 1. The van der Waals surface area contributed by atoms with Crippen LogP contribution in [-0.2, 0) is 0 Å². The third-order valence-electron chi connectivity index (χ3n) is 1.94. The number of nitrogen functional groups attached to an aromatic ring is 1. The van der Waals surface area contributed by atoms with E-state index >= 15 is 0 Å². The van der Waals surface area contributed by atoms with Gasteiger partial charge in [0.25, 0.3) is 0 Å². The third-order valence-corrected chi connectivity index (χ3v) is 1.94. The molecule has 1 rings (SSSR count). The molecule has 0 atom stereocenters. The van der Waals surface area contributed by atoms with Gasteiger partial charge in [-0.2, -0.15) is 0 Å². The van der Waals surface area contributed by atoms with E-state index in [0.29, 0.717) is 11.4 Å². The van der Waals surface area contributed by atoms with Gasteiger partial charge in [0.2, 0.25) is 0 Å². The number of aryl methyl sites for hydroxylation is 1. The Morgan fingerprint density at radius 2 is 2.15 bits per heavy atom. The molecule has 0 fully saturated rings. The average Bonchev–Trinajstić information content (AvgIpc) is 2.01. The number of rotatable bonds is 2. The quantitative estimate of drug-likeness (QED) is 0.525. The molecule has 0 bridgehead atoms. The van der Waals surface area contributed by atoms with Crippen molar-refractivity contribution >= 4 is 17.5 Å². The summed E-state index contributed by atoms with van der Waals surface area (Å²) in [7, 11) is 0. The zero-order valence-corrected chi connectivity index (χ0v) is 8.02. The van der Waals surface area contributed by atoms with Gasteiger partial charge in [0.05, 0.1) is 0 Å². The Balaban J connectivity index is 3.47. The van der Waals surface area contributed by atoms with Crippen molar-refractivity contribution in [2.24, 2.45) is 0 Å². The van der Waals surface area contributed by atoms with Crippen LogP contribution in [0, 0.1) is 12.3 Å². The monoisotopic (exact) mass is 174 g/mol. The SMILES string of the molecule is C=Cc1cc(C)cc(N)c1C(C)=N. The molecule has 0 aromatic heterocycles. The van der Waals surface area contributed by atoms with Gasteiger partial charge in [0.1, 0.15) is 0 Å². The largest absolute Gasteiger partial charge is 0.398 e. The van der Waals surface area contributed by atoms with Gasteiger partial charge in [-0.3, -0.25) is 0 Å². The fraction of sp³-hybridized carbons (Fsp3) is 0.182. The first-order valence-electron chi connectivity index (χ1n) is 4.14. The summed E-state index contributed by atoms with van der Waals surface area (Å²) in [6, 6.07) is 3.86. The van der Waals surface area contributed by atoms with Crippen LogP contribution in [0.15, 0.2) is 18.7 Å². The Bertz CT molecular complexity index is 365. The number of nitrogens with two attached hydrogens (primary N) is 1. The third kappa shape index (κ3) is 1.78. The van der Waals surface area contributed by atoms with Crippen LogP contribution in [0.25, 0.3) is 6.08 Å². The van der Waals surface area contributed by atoms with E-state index in [1.165, 1.54) is 0 Å². The number of hydrogen-bond acceptors (Lipinski definition) is 2. The van der Waals surface area contributed by atoms with Gasteiger partial charge in [-0.15, -0.1) is 0 Å². The van der Waals surface area contributed by atoms with Crippen molar-refractivity contribution in [3.8, 4) is 0 Å². The lowest BCUT2D eigenvalue weighted by Crippen LogP contribution is -2.03. The summed E-state index contributed by atoms with van der Waals surface area (Å²) >= 11 is 0. The summed E-state index contributed by atoms with van der Waals surface area (Å²) in [5, 5.41) is 7.56. The molecule has 0 radical (unpaired) electrons. The summed E-state index contributed by atoms with van der Waals surface area (Å²) in [5.74, 6) is 0. The molecule has 0 unspecified atom stereocenters. The van der Waals surface area contributed by atoms with Crippen molar-refractivity contribution < 1.29 is 0 Å². The first kappa shape index (κ1) is 9.52. The molecule has 1 aromatic rings. The smallest absolute Gasteiger partial charge is 0.0414 e. The summed E-state index contributed by atoms with van der Waals surface area (Å²) in [6.45, 7) is 7.41. The Labute approximate surface area is 78.6 Å². The Kier molecular flexibility index (Phi) is 2.52. The number of nitrogens with one attached hydrogen (secondary N) is 1. The molecule has 68 valence electrons. The Morgan fingerprint density at radius 1 is 1.54 bits per heavy atom. The van der Waals surface area contributed by atoms with E-state index in [-0.39, 0.29) is 0 Å². The molecule has 0 saturated heterocycles. The highest BCUT2D eigenvalue weighted by Crippen LogP contribution is 2.21. The second kappa shape index (κ2) is 3.44. The molecule has 0 aliphatic heterocycles. The molecule has 2 heteroatoms. The van der Waals surface area contributed by atoms with Crippen LogP contribution in [0.4, 0.5) is 5.69 Å². The first-order valence-corrected chi connectivity index (χ1v) is 4.14. The highest BCUT2D eigenvalue weighted by atomic mass is 14.6. The number of benzene rings is 1. The van der Waals surface area contributed by atoms with Crippen LogP contribution < -0.4 is 5.73 Å². The molecule has 3 N–H and O–H groups in total.